The van der Waals surface area contributed by atoms with E-state index in [9.17, 15) is 9.90 Å². The van der Waals surface area contributed by atoms with Crippen molar-refractivity contribution in [2.45, 2.75) is 6.92 Å². The van der Waals surface area contributed by atoms with Gasteiger partial charge in [-0.1, -0.05) is 0 Å². The number of ether oxygens (including phenoxy) is 1. The van der Waals surface area contributed by atoms with E-state index in [1.165, 1.54) is 18.5 Å². The van der Waals surface area contributed by atoms with Crippen LogP contribution in [0.15, 0.2) is 47.8 Å². The summed E-state index contributed by atoms with van der Waals surface area (Å²) in [5.41, 5.74) is 3.25. The van der Waals surface area contributed by atoms with Crippen molar-refractivity contribution in [3.63, 3.8) is 0 Å². The van der Waals surface area contributed by atoms with E-state index in [1.807, 2.05) is 6.92 Å². The minimum atomic E-state index is -0.371. The number of aromatic hydroxyl groups is 1. The first-order valence-electron chi connectivity index (χ1n) is 6.40. The van der Waals surface area contributed by atoms with Crippen molar-refractivity contribution in [1.29, 1.82) is 0 Å². The minimum Gasteiger partial charge on any atom is -0.507 e. The van der Waals surface area contributed by atoms with Gasteiger partial charge in [0.25, 0.3) is 5.91 Å². The minimum absolute atomic E-state index is 0.0281. The maximum Gasteiger partial charge on any atom is 0.272 e. The molecular weight excluding hydrogens is 270 g/mol. The predicted molar refractivity (Wildman–Crippen MR) is 78.6 cm³/mol. The van der Waals surface area contributed by atoms with Crippen molar-refractivity contribution >= 4 is 12.1 Å². The van der Waals surface area contributed by atoms with Crippen LogP contribution < -0.4 is 10.2 Å². The molecule has 2 aromatic rings. The Hall–Kier alpha value is -2.89. The van der Waals surface area contributed by atoms with E-state index in [0.29, 0.717) is 23.5 Å². The summed E-state index contributed by atoms with van der Waals surface area (Å²) in [4.78, 5) is 15.6. The Morgan fingerprint density at radius 3 is 3.00 bits per heavy atom. The molecule has 1 aromatic carbocycles. The number of pyridine rings is 1. The SMILES string of the molecule is CCOc1ccc(/C=N/NC(=O)c2cccnc2)c(O)c1. The fourth-order valence-corrected chi connectivity index (χ4v) is 1.61. The Labute approximate surface area is 122 Å². The average molecular weight is 285 g/mol. The number of phenols is 1. The number of rotatable bonds is 5. The summed E-state index contributed by atoms with van der Waals surface area (Å²) >= 11 is 0. The van der Waals surface area contributed by atoms with E-state index in [1.54, 1.807) is 30.5 Å². The van der Waals surface area contributed by atoms with Gasteiger partial charge < -0.3 is 9.84 Å². The van der Waals surface area contributed by atoms with E-state index < -0.39 is 0 Å². The maximum absolute atomic E-state index is 11.7. The first kappa shape index (κ1) is 14.5. The normalized spacial score (nSPS) is 10.5. The number of aromatic nitrogens is 1. The molecule has 0 saturated carbocycles. The second-order valence-electron chi connectivity index (χ2n) is 4.09. The molecule has 108 valence electrons. The van der Waals surface area contributed by atoms with E-state index in [-0.39, 0.29) is 11.7 Å². The molecule has 0 aliphatic heterocycles. The molecule has 21 heavy (non-hydrogen) atoms. The van der Waals surface area contributed by atoms with Crippen LogP contribution in [0.25, 0.3) is 0 Å². The summed E-state index contributed by atoms with van der Waals surface area (Å²) in [6, 6.07) is 8.16. The monoisotopic (exact) mass is 285 g/mol. The molecule has 0 fully saturated rings. The third-order valence-corrected chi connectivity index (χ3v) is 2.61. The molecule has 0 aliphatic carbocycles. The second-order valence-corrected chi connectivity index (χ2v) is 4.09. The third kappa shape index (κ3) is 4.04. The van der Waals surface area contributed by atoms with E-state index in [4.69, 9.17) is 4.74 Å². The van der Waals surface area contributed by atoms with Gasteiger partial charge in [0.2, 0.25) is 0 Å². The third-order valence-electron chi connectivity index (χ3n) is 2.61. The number of phenolic OH excluding ortho intramolecular Hbond substituents is 1. The maximum atomic E-state index is 11.7. The standard InChI is InChI=1S/C15H15N3O3/c1-2-21-13-6-5-11(14(19)8-13)10-17-18-15(20)12-4-3-7-16-9-12/h3-10,19H,2H2,1H3,(H,18,20)/b17-10+. The first-order valence-corrected chi connectivity index (χ1v) is 6.40. The van der Waals surface area contributed by atoms with Crippen molar-refractivity contribution in [3.05, 3.63) is 53.9 Å². The van der Waals surface area contributed by atoms with Gasteiger partial charge in [0.15, 0.2) is 0 Å². The van der Waals surface area contributed by atoms with E-state index in [2.05, 4.69) is 15.5 Å². The highest BCUT2D eigenvalue weighted by molar-refractivity contribution is 5.94. The molecule has 1 aromatic heterocycles. The number of carbonyl (C=O) groups is 1. The summed E-state index contributed by atoms with van der Waals surface area (Å²) in [5, 5.41) is 13.6. The van der Waals surface area contributed by atoms with E-state index >= 15 is 0 Å². The number of amides is 1. The van der Waals surface area contributed by atoms with Gasteiger partial charge in [-0.2, -0.15) is 5.10 Å². The number of nitrogens with zero attached hydrogens (tertiary/aromatic N) is 2. The molecule has 2 N–H and O–H groups in total. The highest BCUT2D eigenvalue weighted by Crippen LogP contribution is 2.22. The molecule has 1 amide bonds. The largest absolute Gasteiger partial charge is 0.507 e. The fraction of sp³-hybridized carbons (Fsp3) is 0.133. The van der Waals surface area contributed by atoms with Gasteiger partial charge in [-0.3, -0.25) is 9.78 Å². The van der Waals surface area contributed by atoms with Gasteiger partial charge >= 0.3 is 0 Å². The molecular formula is C15H15N3O3. The molecule has 0 bridgehead atoms. The molecule has 2 rings (SSSR count). The molecule has 0 saturated heterocycles. The summed E-state index contributed by atoms with van der Waals surface area (Å²) in [6.45, 7) is 2.38. The number of benzene rings is 1. The zero-order valence-corrected chi connectivity index (χ0v) is 11.5. The Bertz CT molecular complexity index is 642. The average Bonchev–Trinajstić information content (AvgIpc) is 2.50. The van der Waals surface area contributed by atoms with Crippen LogP contribution in [0, 0.1) is 0 Å². The Balaban J connectivity index is 2.00. The van der Waals surface area contributed by atoms with E-state index in [0.717, 1.165) is 0 Å². The van der Waals surface area contributed by atoms with Crippen LogP contribution in [-0.4, -0.2) is 28.8 Å². The van der Waals surface area contributed by atoms with Crippen molar-refractivity contribution in [2.24, 2.45) is 5.10 Å². The summed E-state index contributed by atoms with van der Waals surface area (Å²) < 4.78 is 5.26. The zero-order chi connectivity index (χ0) is 15.1. The highest BCUT2D eigenvalue weighted by Gasteiger charge is 2.04. The quantitative estimate of drug-likeness (QED) is 0.649. The zero-order valence-electron chi connectivity index (χ0n) is 11.5. The van der Waals surface area contributed by atoms with Crippen molar-refractivity contribution < 1.29 is 14.6 Å². The lowest BCUT2D eigenvalue weighted by molar-refractivity contribution is 0.0954. The van der Waals surface area contributed by atoms with Gasteiger partial charge in [-0.25, -0.2) is 5.43 Å². The van der Waals surface area contributed by atoms with Crippen molar-refractivity contribution in [3.8, 4) is 11.5 Å². The van der Waals surface area contributed by atoms with Crippen LogP contribution >= 0.6 is 0 Å². The molecule has 0 atom stereocenters. The second kappa shape index (κ2) is 7.04. The lowest BCUT2D eigenvalue weighted by atomic mass is 10.2. The van der Waals surface area contributed by atoms with Gasteiger partial charge in [0.1, 0.15) is 11.5 Å². The Morgan fingerprint density at radius 2 is 2.33 bits per heavy atom. The van der Waals surface area contributed by atoms with Gasteiger partial charge in [0.05, 0.1) is 18.4 Å². The Morgan fingerprint density at radius 1 is 1.48 bits per heavy atom. The summed E-state index contributed by atoms with van der Waals surface area (Å²) in [5.74, 6) is 0.233. The van der Waals surface area contributed by atoms with Crippen LogP contribution in [0.1, 0.15) is 22.8 Å². The molecule has 0 aliphatic rings. The number of nitrogens with one attached hydrogen (secondary N) is 1. The molecule has 6 nitrogen and oxygen atoms in total. The number of carbonyl (C=O) groups excluding carboxylic acids is 1. The van der Waals surface area contributed by atoms with Crippen LogP contribution in [0.4, 0.5) is 0 Å². The smallest absolute Gasteiger partial charge is 0.272 e. The summed E-state index contributed by atoms with van der Waals surface area (Å²) in [7, 11) is 0. The summed E-state index contributed by atoms with van der Waals surface area (Å²) in [6.07, 6.45) is 4.39. The van der Waals surface area contributed by atoms with Crippen LogP contribution in [0.2, 0.25) is 0 Å². The lowest BCUT2D eigenvalue weighted by Gasteiger charge is -2.05. The fourth-order valence-electron chi connectivity index (χ4n) is 1.61. The lowest BCUT2D eigenvalue weighted by Crippen LogP contribution is -2.17. The van der Waals surface area contributed by atoms with Gasteiger partial charge in [-0.15, -0.1) is 0 Å². The van der Waals surface area contributed by atoms with Gasteiger partial charge in [0, 0.05) is 24.0 Å². The molecule has 0 spiro atoms. The van der Waals surface area contributed by atoms with Crippen LogP contribution in [-0.2, 0) is 0 Å². The number of hydrazone groups is 1. The topological polar surface area (TPSA) is 83.8 Å². The molecule has 6 heteroatoms. The van der Waals surface area contributed by atoms with Crippen molar-refractivity contribution in [1.82, 2.24) is 10.4 Å². The predicted octanol–water partition coefficient (Wildman–Crippen LogP) is 1.95. The van der Waals surface area contributed by atoms with Gasteiger partial charge in [-0.05, 0) is 31.2 Å². The highest BCUT2D eigenvalue weighted by atomic mass is 16.5. The number of hydrogen-bond acceptors (Lipinski definition) is 5. The van der Waals surface area contributed by atoms with Crippen LogP contribution in [0.5, 0.6) is 11.5 Å². The van der Waals surface area contributed by atoms with Crippen LogP contribution in [0.3, 0.4) is 0 Å². The van der Waals surface area contributed by atoms with Crippen molar-refractivity contribution in [2.75, 3.05) is 6.61 Å². The number of hydrogen-bond donors (Lipinski definition) is 2. The Kier molecular flexibility index (Phi) is 4.87. The first-order chi connectivity index (χ1) is 10.2. The molecule has 0 unspecified atom stereocenters. The molecule has 1 heterocycles. The molecule has 0 radical (unpaired) electrons.